The van der Waals surface area contributed by atoms with Gasteiger partial charge in [-0.3, -0.25) is 9.48 Å². The van der Waals surface area contributed by atoms with E-state index in [0.29, 0.717) is 18.9 Å². The van der Waals surface area contributed by atoms with Gasteiger partial charge in [0, 0.05) is 56.8 Å². The summed E-state index contributed by atoms with van der Waals surface area (Å²) in [5.41, 5.74) is 1.10. The highest BCUT2D eigenvalue weighted by Crippen LogP contribution is 2.29. The topological polar surface area (TPSA) is 68.8 Å². The van der Waals surface area contributed by atoms with Gasteiger partial charge in [-0.1, -0.05) is 6.42 Å². The molecule has 0 bridgehead atoms. The maximum absolute atomic E-state index is 12.5. The normalized spacial score (nSPS) is 18.6. The maximum Gasteiger partial charge on any atom is 0.224 e. The second kappa shape index (κ2) is 7.60. The van der Waals surface area contributed by atoms with E-state index in [-0.39, 0.29) is 5.91 Å². The highest BCUT2D eigenvalue weighted by atomic mass is 16.2. The summed E-state index contributed by atoms with van der Waals surface area (Å²) in [4.78, 5) is 14.5. The van der Waals surface area contributed by atoms with Crippen LogP contribution >= 0.6 is 0 Å². The number of carbonyl (C=O) groups excluding carboxylic acids is 1. The minimum absolute atomic E-state index is 0.235. The zero-order valence-corrected chi connectivity index (χ0v) is 15.6. The summed E-state index contributed by atoms with van der Waals surface area (Å²) in [7, 11) is 0. The SMILES string of the molecule is Cc1ccnn1CCC(=O)N1CCC(c2nnc3n2CCCCC3)CC1. The van der Waals surface area contributed by atoms with Crippen molar-refractivity contribution in [2.75, 3.05) is 13.1 Å². The monoisotopic (exact) mass is 356 g/mol. The van der Waals surface area contributed by atoms with Crippen LogP contribution in [-0.2, 0) is 24.3 Å². The Labute approximate surface area is 154 Å². The number of aromatic nitrogens is 5. The van der Waals surface area contributed by atoms with E-state index < -0.39 is 0 Å². The molecule has 140 valence electrons. The predicted octanol–water partition coefficient (Wildman–Crippen LogP) is 2.31. The number of aryl methyl sites for hydroxylation is 3. The van der Waals surface area contributed by atoms with E-state index in [0.717, 1.165) is 56.2 Å². The Morgan fingerprint density at radius 2 is 2.00 bits per heavy atom. The van der Waals surface area contributed by atoms with Crippen molar-refractivity contribution in [3.05, 3.63) is 29.6 Å². The first kappa shape index (κ1) is 17.2. The summed E-state index contributed by atoms with van der Waals surface area (Å²) < 4.78 is 4.26. The summed E-state index contributed by atoms with van der Waals surface area (Å²) in [5.74, 6) is 2.98. The Bertz CT molecular complexity index is 756. The molecule has 2 aliphatic rings. The van der Waals surface area contributed by atoms with Crippen molar-refractivity contribution in [2.45, 2.75) is 70.9 Å². The Balaban J connectivity index is 1.32. The van der Waals surface area contributed by atoms with Crippen LogP contribution in [0.4, 0.5) is 0 Å². The third-order valence-electron chi connectivity index (χ3n) is 5.82. The molecule has 4 rings (SSSR count). The van der Waals surface area contributed by atoms with Gasteiger partial charge in [0.2, 0.25) is 5.91 Å². The third kappa shape index (κ3) is 3.52. The second-order valence-corrected chi connectivity index (χ2v) is 7.54. The summed E-state index contributed by atoms with van der Waals surface area (Å²) in [6.45, 7) is 5.38. The Morgan fingerprint density at radius 3 is 2.77 bits per heavy atom. The van der Waals surface area contributed by atoms with Gasteiger partial charge in [0.1, 0.15) is 11.6 Å². The molecule has 1 saturated heterocycles. The van der Waals surface area contributed by atoms with E-state index in [1.165, 1.54) is 19.3 Å². The van der Waals surface area contributed by atoms with Gasteiger partial charge in [-0.15, -0.1) is 10.2 Å². The van der Waals surface area contributed by atoms with Gasteiger partial charge in [-0.05, 0) is 38.7 Å². The van der Waals surface area contributed by atoms with E-state index in [4.69, 9.17) is 0 Å². The number of hydrogen-bond acceptors (Lipinski definition) is 4. The molecular weight excluding hydrogens is 328 g/mol. The zero-order valence-electron chi connectivity index (χ0n) is 15.6. The van der Waals surface area contributed by atoms with Crippen LogP contribution in [0.2, 0.25) is 0 Å². The van der Waals surface area contributed by atoms with Crippen LogP contribution in [0.3, 0.4) is 0 Å². The van der Waals surface area contributed by atoms with Gasteiger partial charge in [0.05, 0.1) is 0 Å². The number of fused-ring (bicyclic) bond motifs is 1. The molecule has 0 aliphatic carbocycles. The lowest BCUT2D eigenvalue weighted by molar-refractivity contribution is -0.132. The van der Waals surface area contributed by atoms with Crippen LogP contribution in [0.15, 0.2) is 12.3 Å². The van der Waals surface area contributed by atoms with Crippen LogP contribution in [-0.4, -0.2) is 48.4 Å². The van der Waals surface area contributed by atoms with E-state index in [1.54, 1.807) is 6.20 Å². The van der Waals surface area contributed by atoms with Gasteiger partial charge >= 0.3 is 0 Å². The molecule has 2 aromatic heterocycles. The smallest absolute Gasteiger partial charge is 0.224 e. The molecule has 0 unspecified atom stereocenters. The fraction of sp³-hybridized carbons (Fsp3) is 0.684. The maximum atomic E-state index is 12.5. The van der Waals surface area contributed by atoms with Gasteiger partial charge in [-0.25, -0.2) is 0 Å². The molecule has 0 N–H and O–H groups in total. The van der Waals surface area contributed by atoms with E-state index in [9.17, 15) is 4.79 Å². The van der Waals surface area contributed by atoms with Crippen LogP contribution in [0.1, 0.15) is 61.8 Å². The number of carbonyl (C=O) groups is 1. The third-order valence-corrected chi connectivity index (χ3v) is 5.82. The first-order chi connectivity index (χ1) is 12.7. The van der Waals surface area contributed by atoms with E-state index in [2.05, 4.69) is 19.9 Å². The number of amides is 1. The summed E-state index contributed by atoms with van der Waals surface area (Å²) in [6.07, 6.45) is 9.07. The lowest BCUT2D eigenvalue weighted by Crippen LogP contribution is -2.38. The number of piperidine rings is 1. The fourth-order valence-electron chi connectivity index (χ4n) is 4.19. The molecule has 7 nitrogen and oxygen atoms in total. The molecule has 0 aromatic carbocycles. The molecular formula is C19H28N6O. The average molecular weight is 356 g/mol. The summed E-state index contributed by atoms with van der Waals surface area (Å²) in [6, 6.07) is 1.97. The molecule has 0 saturated carbocycles. The first-order valence-electron chi connectivity index (χ1n) is 9.90. The Morgan fingerprint density at radius 1 is 1.15 bits per heavy atom. The number of nitrogens with zero attached hydrogens (tertiary/aromatic N) is 6. The van der Waals surface area contributed by atoms with Crippen molar-refractivity contribution in [3.8, 4) is 0 Å². The van der Waals surface area contributed by atoms with E-state index >= 15 is 0 Å². The van der Waals surface area contributed by atoms with Crippen LogP contribution in [0.5, 0.6) is 0 Å². The molecule has 0 radical (unpaired) electrons. The largest absolute Gasteiger partial charge is 0.343 e. The van der Waals surface area contributed by atoms with Crippen molar-refractivity contribution in [1.29, 1.82) is 0 Å². The van der Waals surface area contributed by atoms with Gasteiger partial charge in [-0.2, -0.15) is 5.10 Å². The van der Waals surface area contributed by atoms with Gasteiger partial charge in [0.15, 0.2) is 0 Å². The summed E-state index contributed by atoms with van der Waals surface area (Å²) >= 11 is 0. The highest BCUT2D eigenvalue weighted by Gasteiger charge is 2.28. The van der Waals surface area contributed by atoms with Crippen molar-refractivity contribution in [1.82, 2.24) is 29.4 Å². The number of hydrogen-bond donors (Lipinski definition) is 0. The fourth-order valence-corrected chi connectivity index (χ4v) is 4.19. The molecule has 2 aliphatic heterocycles. The second-order valence-electron chi connectivity index (χ2n) is 7.54. The van der Waals surface area contributed by atoms with Gasteiger partial charge < -0.3 is 9.47 Å². The van der Waals surface area contributed by atoms with Crippen molar-refractivity contribution >= 4 is 5.91 Å². The van der Waals surface area contributed by atoms with E-state index in [1.807, 2.05) is 22.6 Å². The minimum atomic E-state index is 0.235. The van der Waals surface area contributed by atoms with Crippen LogP contribution < -0.4 is 0 Å². The molecule has 0 atom stereocenters. The van der Waals surface area contributed by atoms with Crippen LogP contribution in [0.25, 0.3) is 0 Å². The molecule has 2 aromatic rings. The zero-order chi connectivity index (χ0) is 17.9. The summed E-state index contributed by atoms with van der Waals surface area (Å²) in [5, 5.41) is 13.2. The molecule has 0 spiro atoms. The highest BCUT2D eigenvalue weighted by molar-refractivity contribution is 5.76. The lowest BCUT2D eigenvalue weighted by atomic mass is 9.95. The molecule has 4 heterocycles. The Kier molecular flexibility index (Phi) is 5.04. The standard InChI is InChI=1S/C19H28N6O/c1-15-6-10-20-25(15)14-9-18(26)23-12-7-16(8-13-23)19-22-21-17-5-3-2-4-11-24(17)19/h6,10,16H,2-5,7-9,11-14H2,1H3. The molecule has 7 heteroatoms. The first-order valence-corrected chi connectivity index (χ1v) is 9.90. The Hall–Kier alpha value is -2.18. The molecule has 26 heavy (non-hydrogen) atoms. The van der Waals surface area contributed by atoms with Crippen molar-refractivity contribution in [2.24, 2.45) is 0 Å². The number of likely N-dealkylation sites (tertiary alicyclic amines) is 1. The van der Waals surface area contributed by atoms with Gasteiger partial charge in [0.25, 0.3) is 0 Å². The lowest BCUT2D eigenvalue weighted by Gasteiger charge is -2.32. The quantitative estimate of drug-likeness (QED) is 0.843. The van der Waals surface area contributed by atoms with Crippen LogP contribution in [0, 0.1) is 6.92 Å². The minimum Gasteiger partial charge on any atom is -0.343 e. The van der Waals surface area contributed by atoms with Crippen molar-refractivity contribution in [3.63, 3.8) is 0 Å². The molecule has 1 amide bonds. The number of rotatable bonds is 4. The predicted molar refractivity (Wildman–Crippen MR) is 97.7 cm³/mol. The van der Waals surface area contributed by atoms with Crippen molar-refractivity contribution < 1.29 is 4.79 Å². The molecule has 1 fully saturated rings. The average Bonchev–Trinajstić information content (AvgIpc) is 3.18.